The average Bonchev–Trinajstić information content (AvgIpc) is 3.32. The lowest BCUT2D eigenvalue weighted by atomic mass is 9.89. The predicted molar refractivity (Wildman–Crippen MR) is 85.7 cm³/mol. The molecule has 0 atom stereocenters. The highest BCUT2D eigenvalue weighted by molar-refractivity contribution is 5.58. The van der Waals surface area contributed by atoms with Crippen molar-refractivity contribution >= 4 is 5.69 Å². The van der Waals surface area contributed by atoms with Crippen molar-refractivity contribution in [2.75, 3.05) is 12.0 Å². The molecular formula is C18H21N3. The summed E-state index contributed by atoms with van der Waals surface area (Å²) < 4.78 is 0. The van der Waals surface area contributed by atoms with Gasteiger partial charge in [-0.2, -0.15) is 0 Å². The van der Waals surface area contributed by atoms with Crippen molar-refractivity contribution in [3.63, 3.8) is 0 Å². The zero-order valence-electron chi connectivity index (χ0n) is 12.2. The zero-order valence-corrected chi connectivity index (χ0v) is 12.2. The number of hydrogen-bond acceptors (Lipinski definition) is 3. The maximum absolute atomic E-state index is 5.68. The number of benzene rings is 2. The van der Waals surface area contributed by atoms with Crippen LogP contribution in [0.5, 0.6) is 0 Å². The lowest BCUT2D eigenvalue weighted by molar-refractivity contribution is 0.155. The molecule has 21 heavy (non-hydrogen) atoms. The normalized spacial score (nSPS) is 19.3. The van der Waals surface area contributed by atoms with Crippen LogP contribution in [0.25, 0.3) is 0 Å². The van der Waals surface area contributed by atoms with Gasteiger partial charge in [-0.05, 0) is 42.0 Å². The second-order valence-electron chi connectivity index (χ2n) is 6.16. The molecule has 1 fully saturated rings. The van der Waals surface area contributed by atoms with Crippen LogP contribution in [-0.2, 0) is 18.5 Å². The third kappa shape index (κ3) is 2.04. The van der Waals surface area contributed by atoms with Crippen molar-refractivity contribution in [1.29, 1.82) is 0 Å². The van der Waals surface area contributed by atoms with Gasteiger partial charge in [0, 0.05) is 18.6 Å². The molecule has 0 radical (unpaired) electrons. The van der Waals surface area contributed by atoms with Crippen LogP contribution in [0.2, 0.25) is 0 Å². The van der Waals surface area contributed by atoms with Gasteiger partial charge in [0.25, 0.3) is 0 Å². The number of rotatable bonds is 3. The first-order valence-electron chi connectivity index (χ1n) is 7.71. The van der Waals surface area contributed by atoms with Crippen LogP contribution in [-0.4, -0.2) is 11.4 Å². The lowest BCUT2D eigenvalue weighted by Gasteiger charge is -2.38. The Kier molecular flexibility index (Phi) is 2.98. The monoisotopic (exact) mass is 279 g/mol. The topological polar surface area (TPSA) is 41.3 Å². The Morgan fingerprint density at radius 2 is 1.86 bits per heavy atom. The first kappa shape index (κ1) is 12.9. The molecule has 2 aromatic carbocycles. The molecule has 1 saturated carbocycles. The van der Waals surface area contributed by atoms with Crippen molar-refractivity contribution in [3.05, 3.63) is 65.2 Å². The molecule has 1 aliphatic heterocycles. The summed E-state index contributed by atoms with van der Waals surface area (Å²) in [5, 5.41) is 0. The number of nitrogen functional groups attached to an aromatic ring is 1. The summed E-state index contributed by atoms with van der Waals surface area (Å²) in [7, 11) is 0. The van der Waals surface area contributed by atoms with Crippen molar-refractivity contribution in [1.82, 2.24) is 4.90 Å². The Morgan fingerprint density at radius 1 is 1.05 bits per heavy atom. The van der Waals surface area contributed by atoms with Crippen LogP contribution in [0.4, 0.5) is 5.69 Å². The molecule has 2 aromatic rings. The van der Waals surface area contributed by atoms with E-state index in [2.05, 4.69) is 58.9 Å². The molecular weight excluding hydrogens is 258 g/mol. The summed E-state index contributed by atoms with van der Waals surface area (Å²) in [6.45, 7) is 2.15. The highest BCUT2D eigenvalue weighted by atomic mass is 15.2. The first-order valence-corrected chi connectivity index (χ1v) is 7.71. The summed E-state index contributed by atoms with van der Waals surface area (Å²) >= 11 is 0. The lowest BCUT2D eigenvalue weighted by Crippen LogP contribution is -2.41. The number of nitrogens with two attached hydrogens (primary N) is 1. The zero-order chi connectivity index (χ0) is 14.3. The van der Waals surface area contributed by atoms with Crippen LogP contribution in [0.15, 0.2) is 48.5 Å². The van der Waals surface area contributed by atoms with E-state index in [0.717, 1.165) is 25.2 Å². The molecule has 0 bridgehead atoms. The molecule has 0 aromatic heterocycles. The van der Waals surface area contributed by atoms with E-state index in [4.69, 9.17) is 5.84 Å². The molecule has 2 aliphatic rings. The van der Waals surface area contributed by atoms with E-state index in [-0.39, 0.29) is 5.54 Å². The van der Waals surface area contributed by atoms with Crippen molar-refractivity contribution in [2.24, 2.45) is 5.84 Å². The number of nitrogens with one attached hydrogen (secondary N) is 1. The van der Waals surface area contributed by atoms with Gasteiger partial charge in [-0.25, -0.2) is 0 Å². The Morgan fingerprint density at radius 3 is 2.57 bits per heavy atom. The summed E-state index contributed by atoms with van der Waals surface area (Å²) in [6.07, 6.45) is 3.60. The smallest absolute Gasteiger partial charge is 0.0521 e. The maximum Gasteiger partial charge on any atom is 0.0521 e. The molecule has 3 N–H and O–H groups in total. The predicted octanol–water partition coefficient (Wildman–Crippen LogP) is 3.02. The van der Waals surface area contributed by atoms with Gasteiger partial charge in [0.05, 0.1) is 5.69 Å². The van der Waals surface area contributed by atoms with Gasteiger partial charge in [0.2, 0.25) is 0 Å². The quantitative estimate of drug-likeness (QED) is 0.670. The molecule has 0 saturated heterocycles. The van der Waals surface area contributed by atoms with E-state index in [1.54, 1.807) is 0 Å². The van der Waals surface area contributed by atoms with Gasteiger partial charge in [-0.1, -0.05) is 42.5 Å². The molecule has 4 rings (SSSR count). The minimum Gasteiger partial charge on any atom is -0.324 e. The third-order valence-electron chi connectivity index (χ3n) is 5.01. The molecule has 0 amide bonds. The largest absolute Gasteiger partial charge is 0.324 e. The molecule has 1 heterocycles. The highest BCUT2D eigenvalue weighted by Gasteiger charge is 2.52. The maximum atomic E-state index is 5.68. The minimum absolute atomic E-state index is 0.260. The Hall–Kier alpha value is -1.84. The van der Waals surface area contributed by atoms with Crippen LogP contribution in [0.3, 0.4) is 0 Å². The molecule has 3 nitrogen and oxygen atoms in total. The Bertz CT molecular complexity index is 647. The van der Waals surface area contributed by atoms with Crippen molar-refractivity contribution in [2.45, 2.75) is 31.3 Å². The van der Waals surface area contributed by atoms with Crippen LogP contribution in [0, 0.1) is 0 Å². The fourth-order valence-corrected chi connectivity index (χ4v) is 3.80. The van der Waals surface area contributed by atoms with Crippen LogP contribution >= 0.6 is 0 Å². The van der Waals surface area contributed by atoms with E-state index in [9.17, 15) is 0 Å². The van der Waals surface area contributed by atoms with Gasteiger partial charge >= 0.3 is 0 Å². The van der Waals surface area contributed by atoms with Crippen molar-refractivity contribution in [3.8, 4) is 0 Å². The van der Waals surface area contributed by atoms with Crippen molar-refractivity contribution < 1.29 is 0 Å². The van der Waals surface area contributed by atoms with Crippen LogP contribution in [0.1, 0.15) is 29.5 Å². The first-order chi connectivity index (χ1) is 10.3. The van der Waals surface area contributed by atoms with Crippen LogP contribution < -0.4 is 11.3 Å². The number of hydrazine groups is 1. The minimum atomic E-state index is 0.260. The third-order valence-corrected chi connectivity index (χ3v) is 5.01. The summed E-state index contributed by atoms with van der Waals surface area (Å²) in [6, 6.07) is 17.3. The summed E-state index contributed by atoms with van der Waals surface area (Å²) in [5.74, 6) is 5.68. The van der Waals surface area contributed by atoms with Gasteiger partial charge in [-0.15, -0.1) is 0 Å². The molecule has 0 unspecified atom stereocenters. The molecule has 108 valence electrons. The Labute approximate surface area is 125 Å². The molecule has 1 spiro atoms. The van der Waals surface area contributed by atoms with E-state index < -0.39 is 0 Å². The second-order valence-corrected chi connectivity index (χ2v) is 6.16. The number of fused-ring (bicyclic) bond motifs is 2. The van der Waals surface area contributed by atoms with E-state index in [1.165, 1.54) is 29.5 Å². The number of hydrogen-bond donors (Lipinski definition) is 2. The highest BCUT2D eigenvalue weighted by Crippen LogP contribution is 2.55. The second kappa shape index (κ2) is 4.86. The van der Waals surface area contributed by atoms with Gasteiger partial charge < -0.3 is 5.43 Å². The van der Waals surface area contributed by atoms with Gasteiger partial charge in [0.15, 0.2) is 0 Å². The fraction of sp³-hybridized carbons (Fsp3) is 0.333. The standard InChI is InChI=1S/C18H21N3/c19-20-17-8-4-7-16-15(17)9-12-21(18(16)10-11-18)13-14-5-2-1-3-6-14/h1-8,20H,9-13,19H2. The number of nitrogens with zero attached hydrogens (tertiary/aromatic N) is 1. The molecule has 3 heteroatoms. The van der Waals surface area contributed by atoms with E-state index in [1.807, 2.05) is 0 Å². The molecule has 1 aliphatic carbocycles. The summed E-state index contributed by atoms with van der Waals surface area (Å²) in [5.41, 5.74) is 8.53. The van der Waals surface area contributed by atoms with Gasteiger partial charge in [0.1, 0.15) is 0 Å². The van der Waals surface area contributed by atoms with E-state index in [0.29, 0.717) is 0 Å². The fourth-order valence-electron chi connectivity index (χ4n) is 3.80. The Balaban J connectivity index is 1.68. The van der Waals surface area contributed by atoms with Gasteiger partial charge in [-0.3, -0.25) is 10.7 Å². The number of anilines is 1. The SMILES string of the molecule is NNc1cccc2c1CCN(Cc1ccccc1)C21CC1. The average molecular weight is 279 g/mol. The summed E-state index contributed by atoms with van der Waals surface area (Å²) in [4.78, 5) is 2.66. The van der Waals surface area contributed by atoms with E-state index >= 15 is 0 Å².